The molecule has 0 fully saturated rings. The summed E-state index contributed by atoms with van der Waals surface area (Å²) in [6, 6.07) is 2.09. The lowest BCUT2D eigenvalue weighted by Gasteiger charge is -2.15. The van der Waals surface area contributed by atoms with Gasteiger partial charge in [0, 0.05) is 24.0 Å². The van der Waals surface area contributed by atoms with Crippen molar-refractivity contribution in [2.75, 3.05) is 0 Å². The minimum absolute atomic E-state index is 0.0194. The standard InChI is InChI=1S/C12H17ClN4S/c1-7-6-18-12(11(7)13)10(15-14)5-9-4-8(2)16-17(9)3/h4,6,10,15H,5,14H2,1-3H3. The summed E-state index contributed by atoms with van der Waals surface area (Å²) >= 11 is 7.92. The topological polar surface area (TPSA) is 55.9 Å². The first kappa shape index (κ1) is 13.5. The molecule has 2 heterocycles. The molecule has 18 heavy (non-hydrogen) atoms. The summed E-state index contributed by atoms with van der Waals surface area (Å²) in [5, 5.41) is 7.20. The molecule has 1 atom stereocenters. The van der Waals surface area contributed by atoms with Crippen molar-refractivity contribution in [2.24, 2.45) is 12.9 Å². The molecule has 0 aliphatic rings. The Morgan fingerprint density at radius 1 is 1.56 bits per heavy atom. The summed E-state index contributed by atoms with van der Waals surface area (Å²) in [6.07, 6.45) is 0.771. The minimum Gasteiger partial charge on any atom is -0.272 e. The average Bonchev–Trinajstić information content (AvgIpc) is 2.81. The maximum absolute atomic E-state index is 6.29. The first-order valence-electron chi connectivity index (χ1n) is 5.72. The van der Waals surface area contributed by atoms with Crippen LogP contribution in [0.2, 0.25) is 5.02 Å². The molecule has 2 rings (SSSR count). The highest BCUT2D eigenvalue weighted by Gasteiger charge is 2.19. The van der Waals surface area contributed by atoms with E-state index in [1.165, 1.54) is 0 Å². The van der Waals surface area contributed by atoms with Gasteiger partial charge in [0.15, 0.2) is 0 Å². The number of nitrogens with one attached hydrogen (secondary N) is 1. The van der Waals surface area contributed by atoms with Crippen LogP contribution in [0.4, 0.5) is 0 Å². The zero-order chi connectivity index (χ0) is 13.3. The van der Waals surface area contributed by atoms with E-state index in [1.807, 2.05) is 25.6 Å². The molecule has 0 aliphatic heterocycles. The summed E-state index contributed by atoms with van der Waals surface area (Å²) < 4.78 is 1.88. The number of aryl methyl sites for hydroxylation is 3. The monoisotopic (exact) mass is 284 g/mol. The third-order valence-corrected chi connectivity index (χ3v) is 4.78. The van der Waals surface area contributed by atoms with E-state index < -0.39 is 0 Å². The molecule has 3 N–H and O–H groups in total. The van der Waals surface area contributed by atoms with E-state index in [4.69, 9.17) is 17.4 Å². The predicted molar refractivity (Wildman–Crippen MR) is 75.8 cm³/mol. The van der Waals surface area contributed by atoms with Gasteiger partial charge < -0.3 is 0 Å². The van der Waals surface area contributed by atoms with Gasteiger partial charge in [0.2, 0.25) is 0 Å². The molecule has 98 valence electrons. The lowest BCUT2D eigenvalue weighted by atomic mass is 10.1. The zero-order valence-electron chi connectivity index (χ0n) is 10.7. The second-order valence-corrected chi connectivity index (χ2v) is 5.71. The number of halogens is 1. The van der Waals surface area contributed by atoms with Gasteiger partial charge in [-0.3, -0.25) is 16.0 Å². The Morgan fingerprint density at radius 2 is 2.28 bits per heavy atom. The Bertz CT molecular complexity index is 546. The fraction of sp³-hybridized carbons (Fsp3) is 0.417. The summed E-state index contributed by atoms with van der Waals surface area (Å²) in [7, 11) is 1.94. The van der Waals surface area contributed by atoms with Crippen molar-refractivity contribution >= 4 is 22.9 Å². The van der Waals surface area contributed by atoms with Gasteiger partial charge in [0.1, 0.15) is 0 Å². The molecule has 0 saturated carbocycles. The van der Waals surface area contributed by atoms with Crippen LogP contribution in [0.25, 0.3) is 0 Å². The second kappa shape index (κ2) is 5.40. The quantitative estimate of drug-likeness (QED) is 0.670. The number of nitrogens with zero attached hydrogens (tertiary/aromatic N) is 2. The molecule has 0 spiro atoms. The van der Waals surface area contributed by atoms with Crippen molar-refractivity contribution in [3.8, 4) is 0 Å². The van der Waals surface area contributed by atoms with Crippen molar-refractivity contribution < 1.29 is 0 Å². The van der Waals surface area contributed by atoms with E-state index in [-0.39, 0.29) is 6.04 Å². The van der Waals surface area contributed by atoms with Crippen LogP contribution in [0.1, 0.15) is 27.9 Å². The van der Waals surface area contributed by atoms with Crippen molar-refractivity contribution in [3.05, 3.63) is 38.3 Å². The van der Waals surface area contributed by atoms with Crippen molar-refractivity contribution in [2.45, 2.75) is 26.3 Å². The number of thiophene rings is 1. The van der Waals surface area contributed by atoms with E-state index >= 15 is 0 Å². The van der Waals surface area contributed by atoms with Crippen molar-refractivity contribution in [3.63, 3.8) is 0 Å². The largest absolute Gasteiger partial charge is 0.272 e. The molecule has 1 unspecified atom stereocenters. The van der Waals surface area contributed by atoms with E-state index in [9.17, 15) is 0 Å². The smallest absolute Gasteiger partial charge is 0.0623 e. The predicted octanol–water partition coefficient (Wildman–Crippen LogP) is 2.50. The van der Waals surface area contributed by atoms with E-state index in [0.29, 0.717) is 0 Å². The number of hydrogen-bond donors (Lipinski definition) is 2. The van der Waals surface area contributed by atoms with Gasteiger partial charge >= 0.3 is 0 Å². The molecule has 0 radical (unpaired) electrons. The molecule has 2 aromatic heterocycles. The molecule has 0 aromatic carbocycles. The molecule has 0 amide bonds. The van der Waals surface area contributed by atoms with Crippen LogP contribution < -0.4 is 11.3 Å². The maximum atomic E-state index is 6.29. The number of hydrazine groups is 1. The lowest BCUT2D eigenvalue weighted by molar-refractivity contribution is 0.537. The van der Waals surface area contributed by atoms with Crippen molar-refractivity contribution in [1.82, 2.24) is 15.2 Å². The molecule has 6 heteroatoms. The summed E-state index contributed by atoms with van der Waals surface area (Å²) in [6.45, 7) is 3.99. The minimum atomic E-state index is 0.0194. The summed E-state index contributed by atoms with van der Waals surface area (Å²) in [4.78, 5) is 1.08. The SMILES string of the molecule is Cc1cc(CC(NN)c2scc(C)c2Cl)n(C)n1. The van der Waals surface area contributed by atoms with Gasteiger partial charge in [0.05, 0.1) is 16.8 Å². The van der Waals surface area contributed by atoms with E-state index in [0.717, 1.165) is 33.3 Å². The number of hydrogen-bond acceptors (Lipinski definition) is 4. The fourth-order valence-electron chi connectivity index (χ4n) is 1.98. The van der Waals surface area contributed by atoms with Crippen LogP contribution >= 0.6 is 22.9 Å². The van der Waals surface area contributed by atoms with Gasteiger partial charge in [-0.2, -0.15) is 5.10 Å². The van der Waals surface area contributed by atoms with Crippen LogP contribution in [0.15, 0.2) is 11.4 Å². The fourth-order valence-corrected chi connectivity index (χ4v) is 3.36. The highest BCUT2D eigenvalue weighted by molar-refractivity contribution is 7.10. The molecule has 0 aliphatic carbocycles. The van der Waals surface area contributed by atoms with Crippen LogP contribution in [-0.4, -0.2) is 9.78 Å². The second-order valence-electron chi connectivity index (χ2n) is 4.42. The van der Waals surface area contributed by atoms with Gasteiger partial charge in [-0.1, -0.05) is 11.6 Å². The molecule has 2 aromatic rings. The van der Waals surface area contributed by atoms with Crippen LogP contribution in [0.5, 0.6) is 0 Å². The number of rotatable bonds is 4. The Hall–Kier alpha value is -0.880. The molecule has 0 saturated heterocycles. The molecule has 4 nitrogen and oxygen atoms in total. The van der Waals surface area contributed by atoms with E-state index in [1.54, 1.807) is 11.3 Å². The van der Waals surface area contributed by atoms with Crippen LogP contribution in [0, 0.1) is 13.8 Å². The summed E-state index contributed by atoms with van der Waals surface area (Å²) in [5.41, 5.74) is 6.09. The average molecular weight is 285 g/mol. The van der Waals surface area contributed by atoms with Gasteiger partial charge in [0.25, 0.3) is 0 Å². The third-order valence-electron chi connectivity index (χ3n) is 2.96. The molecular weight excluding hydrogens is 268 g/mol. The lowest BCUT2D eigenvalue weighted by Crippen LogP contribution is -2.29. The van der Waals surface area contributed by atoms with E-state index in [2.05, 4.69) is 22.0 Å². The summed E-state index contributed by atoms with van der Waals surface area (Å²) in [5.74, 6) is 5.66. The highest BCUT2D eigenvalue weighted by atomic mass is 35.5. The Kier molecular flexibility index (Phi) is 4.07. The molecule has 0 bridgehead atoms. The first-order valence-corrected chi connectivity index (χ1v) is 6.97. The van der Waals surface area contributed by atoms with Gasteiger partial charge in [-0.05, 0) is 30.9 Å². The third kappa shape index (κ3) is 2.59. The number of aromatic nitrogens is 2. The Balaban J connectivity index is 2.25. The molecular formula is C12H17ClN4S. The zero-order valence-corrected chi connectivity index (χ0v) is 12.3. The first-order chi connectivity index (χ1) is 8.52. The number of nitrogens with two attached hydrogens (primary N) is 1. The Labute approximate surface area is 116 Å². The van der Waals surface area contributed by atoms with Gasteiger partial charge in [-0.15, -0.1) is 11.3 Å². The maximum Gasteiger partial charge on any atom is 0.0623 e. The van der Waals surface area contributed by atoms with Crippen molar-refractivity contribution in [1.29, 1.82) is 0 Å². The highest BCUT2D eigenvalue weighted by Crippen LogP contribution is 2.33. The van der Waals surface area contributed by atoms with Gasteiger partial charge in [-0.25, -0.2) is 0 Å². The Morgan fingerprint density at radius 3 is 2.72 bits per heavy atom. The van der Waals surface area contributed by atoms with Crippen LogP contribution in [-0.2, 0) is 13.5 Å². The van der Waals surface area contributed by atoms with Crippen LogP contribution in [0.3, 0.4) is 0 Å². The normalized spacial score (nSPS) is 12.9.